The molecule has 6 nitrogen and oxygen atoms in total. The van der Waals surface area contributed by atoms with Crippen molar-refractivity contribution in [2.75, 3.05) is 46.9 Å². The van der Waals surface area contributed by atoms with E-state index in [2.05, 4.69) is 29.2 Å². The van der Waals surface area contributed by atoms with Gasteiger partial charge >= 0.3 is 0 Å². The number of carbonyl (C=O) groups excluding carboxylic acids is 1. The van der Waals surface area contributed by atoms with Crippen LogP contribution < -0.4 is 5.32 Å². The monoisotopic (exact) mass is 388 g/mol. The maximum absolute atomic E-state index is 12.4. The van der Waals surface area contributed by atoms with Crippen molar-refractivity contribution >= 4 is 11.9 Å². The minimum atomic E-state index is 0.119. The molecule has 0 spiro atoms. The van der Waals surface area contributed by atoms with Crippen molar-refractivity contribution in [3.05, 3.63) is 35.9 Å². The minimum Gasteiger partial charge on any atom is -0.381 e. The van der Waals surface area contributed by atoms with Crippen LogP contribution in [0.1, 0.15) is 38.2 Å². The van der Waals surface area contributed by atoms with E-state index in [1.165, 1.54) is 0 Å². The number of aliphatic imine (C=N–C) groups is 1. The zero-order chi connectivity index (χ0) is 20.2. The Balaban J connectivity index is 1.77. The third kappa shape index (κ3) is 7.89. The Morgan fingerprint density at radius 1 is 1.18 bits per heavy atom. The molecular weight excluding hydrogens is 352 g/mol. The van der Waals surface area contributed by atoms with E-state index in [0.29, 0.717) is 19.5 Å². The van der Waals surface area contributed by atoms with Gasteiger partial charge in [-0.3, -0.25) is 9.79 Å². The number of nitrogens with zero attached hydrogens (tertiary/aromatic N) is 3. The summed E-state index contributed by atoms with van der Waals surface area (Å²) in [6, 6.07) is 10.1. The number of guanidine groups is 1. The first-order valence-electron chi connectivity index (χ1n) is 10.4. The molecule has 28 heavy (non-hydrogen) atoms. The number of hydrogen-bond acceptors (Lipinski definition) is 3. The molecule has 156 valence electrons. The third-order valence-electron chi connectivity index (χ3n) is 5.19. The normalized spacial score (nSPS) is 15.3. The van der Waals surface area contributed by atoms with Gasteiger partial charge in [0, 0.05) is 53.4 Å². The molecule has 0 bridgehead atoms. The Bertz CT molecular complexity index is 600. The van der Waals surface area contributed by atoms with Gasteiger partial charge < -0.3 is 19.9 Å². The second-order valence-corrected chi connectivity index (χ2v) is 7.49. The lowest BCUT2D eigenvalue weighted by Gasteiger charge is -2.27. The van der Waals surface area contributed by atoms with Crippen LogP contribution in [0.4, 0.5) is 0 Å². The summed E-state index contributed by atoms with van der Waals surface area (Å²) in [7, 11) is 3.93. The highest BCUT2D eigenvalue weighted by molar-refractivity contribution is 5.80. The number of amides is 1. The predicted molar refractivity (Wildman–Crippen MR) is 114 cm³/mol. The fourth-order valence-electron chi connectivity index (χ4n) is 3.38. The quantitative estimate of drug-likeness (QED) is 0.522. The van der Waals surface area contributed by atoms with Gasteiger partial charge in [-0.1, -0.05) is 30.3 Å². The predicted octanol–water partition coefficient (Wildman–Crippen LogP) is 2.75. The Hall–Kier alpha value is -2.08. The first kappa shape index (κ1) is 22.2. The summed E-state index contributed by atoms with van der Waals surface area (Å²) in [5.74, 6) is 1.74. The van der Waals surface area contributed by atoms with Gasteiger partial charge in [-0.2, -0.15) is 0 Å². The van der Waals surface area contributed by atoms with Gasteiger partial charge in [-0.25, -0.2) is 0 Å². The molecule has 1 heterocycles. The number of carbonyl (C=O) groups is 1. The summed E-state index contributed by atoms with van der Waals surface area (Å²) in [5.41, 5.74) is 1.14. The highest BCUT2D eigenvalue weighted by atomic mass is 16.5. The Kier molecular flexibility index (Phi) is 9.83. The summed E-state index contributed by atoms with van der Waals surface area (Å²) in [6.07, 6.45) is 3.89. The van der Waals surface area contributed by atoms with Crippen LogP contribution in [0.5, 0.6) is 0 Å². The molecule has 0 radical (unpaired) electrons. The minimum absolute atomic E-state index is 0.119. The Labute approximate surface area is 170 Å². The number of hydrogen-bond donors (Lipinski definition) is 1. The highest BCUT2D eigenvalue weighted by Gasteiger charge is 2.15. The molecule has 1 amide bonds. The molecule has 1 saturated heterocycles. The SMILES string of the molecule is CCNC(=NCCC(=O)N(C)Cc1ccccc1)N(C)CCC1CCOCC1. The smallest absolute Gasteiger partial charge is 0.224 e. The summed E-state index contributed by atoms with van der Waals surface area (Å²) in [5, 5.41) is 3.34. The van der Waals surface area contributed by atoms with E-state index in [9.17, 15) is 4.79 Å². The van der Waals surface area contributed by atoms with E-state index in [-0.39, 0.29) is 5.91 Å². The maximum atomic E-state index is 12.4. The molecule has 1 aliphatic rings. The van der Waals surface area contributed by atoms with Gasteiger partial charge in [0.2, 0.25) is 5.91 Å². The number of rotatable bonds is 9. The lowest BCUT2D eigenvalue weighted by Crippen LogP contribution is -2.40. The summed E-state index contributed by atoms with van der Waals surface area (Å²) < 4.78 is 5.44. The van der Waals surface area contributed by atoms with E-state index in [0.717, 1.165) is 63.0 Å². The van der Waals surface area contributed by atoms with Crippen molar-refractivity contribution in [1.82, 2.24) is 15.1 Å². The molecule has 1 aromatic rings. The van der Waals surface area contributed by atoms with Crippen LogP contribution >= 0.6 is 0 Å². The van der Waals surface area contributed by atoms with Crippen molar-refractivity contribution in [3.8, 4) is 0 Å². The van der Waals surface area contributed by atoms with Crippen molar-refractivity contribution in [2.24, 2.45) is 10.9 Å². The van der Waals surface area contributed by atoms with Gasteiger partial charge in [-0.15, -0.1) is 0 Å². The van der Waals surface area contributed by atoms with Crippen molar-refractivity contribution < 1.29 is 9.53 Å². The topological polar surface area (TPSA) is 57.2 Å². The molecule has 1 aromatic carbocycles. The molecular formula is C22H36N4O2. The largest absolute Gasteiger partial charge is 0.381 e. The van der Waals surface area contributed by atoms with Gasteiger partial charge in [-0.05, 0) is 37.7 Å². The molecule has 6 heteroatoms. The molecule has 1 aliphatic heterocycles. The van der Waals surface area contributed by atoms with Crippen LogP contribution in [0.2, 0.25) is 0 Å². The first-order chi connectivity index (χ1) is 13.6. The van der Waals surface area contributed by atoms with Crippen LogP contribution in [0.15, 0.2) is 35.3 Å². The second kappa shape index (κ2) is 12.4. The molecule has 0 saturated carbocycles. The lowest BCUT2D eigenvalue weighted by molar-refractivity contribution is -0.130. The number of benzene rings is 1. The van der Waals surface area contributed by atoms with Crippen LogP contribution in [0.25, 0.3) is 0 Å². The van der Waals surface area contributed by atoms with E-state index in [1.807, 2.05) is 37.4 Å². The molecule has 0 aliphatic carbocycles. The standard InChI is InChI=1S/C22H36N4O2/c1-4-23-22(25(2)15-11-19-12-16-28-17-13-19)24-14-10-21(27)26(3)18-20-8-6-5-7-9-20/h5-9,19H,4,10-18H2,1-3H3,(H,23,24). The zero-order valence-corrected chi connectivity index (χ0v) is 17.7. The van der Waals surface area contributed by atoms with Crippen LogP contribution in [0.3, 0.4) is 0 Å². The fraction of sp³-hybridized carbons (Fsp3) is 0.636. The van der Waals surface area contributed by atoms with E-state index in [1.54, 1.807) is 4.90 Å². The van der Waals surface area contributed by atoms with E-state index < -0.39 is 0 Å². The molecule has 0 unspecified atom stereocenters. The summed E-state index contributed by atoms with van der Waals surface area (Å²) in [6.45, 7) is 6.78. The van der Waals surface area contributed by atoms with Gasteiger partial charge in [0.25, 0.3) is 0 Å². The fourth-order valence-corrected chi connectivity index (χ4v) is 3.38. The molecule has 1 fully saturated rings. The van der Waals surface area contributed by atoms with Gasteiger partial charge in [0.1, 0.15) is 0 Å². The average Bonchev–Trinajstić information content (AvgIpc) is 2.72. The van der Waals surface area contributed by atoms with Crippen LogP contribution in [-0.2, 0) is 16.1 Å². The lowest BCUT2D eigenvalue weighted by atomic mass is 9.96. The Morgan fingerprint density at radius 3 is 2.57 bits per heavy atom. The van der Waals surface area contributed by atoms with E-state index in [4.69, 9.17) is 4.74 Å². The van der Waals surface area contributed by atoms with Gasteiger partial charge in [0.05, 0.1) is 6.54 Å². The van der Waals surface area contributed by atoms with Crippen molar-refractivity contribution in [2.45, 2.75) is 39.2 Å². The summed E-state index contributed by atoms with van der Waals surface area (Å²) in [4.78, 5) is 21.0. The molecule has 2 rings (SSSR count). The van der Waals surface area contributed by atoms with Crippen LogP contribution in [0, 0.1) is 5.92 Å². The highest BCUT2D eigenvalue weighted by Crippen LogP contribution is 2.18. The molecule has 0 aromatic heterocycles. The third-order valence-corrected chi connectivity index (χ3v) is 5.19. The second-order valence-electron chi connectivity index (χ2n) is 7.49. The van der Waals surface area contributed by atoms with Crippen molar-refractivity contribution in [3.63, 3.8) is 0 Å². The van der Waals surface area contributed by atoms with Crippen LogP contribution in [-0.4, -0.2) is 68.6 Å². The molecule has 1 N–H and O–H groups in total. The average molecular weight is 389 g/mol. The number of nitrogens with one attached hydrogen (secondary N) is 1. The number of ether oxygens (including phenoxy) is 1. The zero-order valence-electron chi connectivity index (χ0n) is 17.7. The maximum Gasteiger partial charge on any atom is 0.224 e. The first-order valence-corrected chi connectivity index (χ1v) is 10.4. The Morgan fingerprint density at radius 2 is 1.89 bits per heavy atom. The summed E-state index contributed by atoms with van der Waals surface area (Å²) >= 11 is 0. The van der Waals surface area contributed by atoms with Crippen molar-refractivity contribution in [1.29, 1.82) is 0 Å². The molecule has 0 atom stereocenters. The van der Waals surface area contributed by atoms with E-state index >= 15 is 0 Å². The van der Waals surface area contributed by atoms with Gasteiger partial charge in [0.15, 0.2) is 5.96 Å².